The maximum Gasteiger partial charge on any atom is 0.288 e. The van der Waals surface area contributed by atoms with E-state index in [1.807, 2.05) is 36.4 Å². The summed E-state index contributed by atoms with van der Waals surface area (Å²) >= 11 is 2.61. The van der Waals surface area contributed by atoms with Gasteiger partial charge in [0.25, 0.3) is 4.06 Å². The summed E-state index contributed by atoms with van der Waals surface area (Å²) in [4.78, 5) is 11.3. The molecule has 18 heavy (non-hydrogen) atoms. The summed E-state index contributed by atoms with van der Waals surface area (Å²) in [5.41, 5.74) is 2.25. The van der Waals surface area contributed by atoms with Gasteiger partial charge < -0.3 is 4.74 Å². The molecule has 1 heterocycles. The molecule has 0 aliphatic heterocycles. The van der Waals surface area contributed by atoms with E-state index in [0.717, 1.165) is 26.3 Å². The molecule has 1 aromatic heterocycles. The van der Waals surface area contributed by atoms with Crippen LogP contribution in [0.25, 0.3) is 20.5 Å². The predicted molar refractivity (Wildman–Crippen MR) is 78.0 cm³/mol. The number of ether oxygens (including phenoxy) is 1. The fraction of sp³-hybridized carbons (Fsp3) is 0.0714. The van der Waals surface area contributed by atoms with Crippen molar-refractivity contribution in [2.75, 3.05) is 7.11 Å². The molecule has 0 N–H and O–H groups in total. The van der Waals surface area contributed by atoms with E-state index in [0.29, 0.717) is 0 Å². The van der Waals surface area contributed by atoms with Crippen LogP contribution in [0.3, 0.4) is 0 Å². The zero-order chi connectivity index (χ0) is 12.5. The summed E-state index contributed by atoms with van der Waals surface area (Å²) in [6, 6.07) is 14.1. The molecule has 0 radical (unpaired) electrons. The van der Waals surface area contributed by atoms with Gasteiger partial charge in [-0.15, -0.1) is 0 Å². The highest BCUT2D eigenvalue weighted by Gasteiger charge is 2.03. The molecule has 4 heteroatoms. The molecular formula is C14H10O2S2. The number of fused-ring (bicyclic) bond motifs is 1. The van der Waals surface area contributed by atoms with Gasteiger partial charge in [0.1, 0.15) is 5.75 Å². The van der Waals surface area contributed by atoms with E-state index in [1.54, 1.807) is 7.11 Å². The smallest absolute Gasteiger partial charge is 0.288 e. The van der Waals surface area contributed by atoms with E-state index in [9.17, 15) is 4.79 Å². The summed E-state index contributed by atoms with van der Waals surface area (Å²) in [5.74, 6) is 0.847. The van der Waals surface area contributed by atoms with Crippen LogP contribution in [-0.4, -0.2) is 7.11 Å². The number of methoxy groups -OCH3 is 1. The van der Waals surface area contributed by atoms with E-state index in [-0.39, 0.29) is 4.06 Å². The van der Waals surface area contributed by atoms with Crippen LogP contribution in [0, 0.1) is 0 Å². The molecular weight excluding hydrogens is 264 g/mol. The van der Waals surface area contributed by atoms with Gasteiger partial charge in [0, 0.05) is 9.40 Å². The van der Waals surface area contributed by atoms with Crippen molar-refractivity contribution >= 4 is 32.1 Å². The van der Waals surface area contributed by atoms with E-state index in [1.165, 1.54) is 22.7 Å². The van der Waals surface area contributed by atoms with Crippen molar-refractivity contribution in [1.82, 2.24) is 0 Å². The van der Waals surface area contributed by atoms with Crippen molar-refractivity contribution in [3.8, 4) is 16.9 Å². The van der Waals surface area contributed by atoms with Gasteiger partial charge in [-0.2, -0.15) is 0 Å². The van der Waals surface area contributed by atoms with Crippen LogP contribution in [0.15, 0.2) is 47.3 Å². The lowest BCUT2D eigenvalue weighted by Gasteiger charge is -2.03. The molecule has 0 amide bonds. The zero-order valence-electron chi connectivity index (χ0n) is 9.67. The summed E-state index contributed by atoms with van der Waals surface area (Å²) < 4.78 is 7.40. The van der Waals surface area contributed by atoms with Crippen LogP contribution in [-0.2, 0) is 0 Å². The Morgan fingerprint density at radius 1 is 0.889 bits per heavy atom. The summed E-state index contributed by atoms with van der Waals surface area (Å²) in [6.07, 6.45) is 0. The van der Waals surface area contributed by atoms with Crippen LogP contribution in [0.2, 0.25) is 0 Å². The standard InChI is InChI=1S/C14H10O2S2/c1-16-11-5-2-9(3-6-11)10-4-7-12-13(8-10)18-14(15)17-12/h2-8H,1H3. The minimum atomic E-state index is 0.150. The lowest BCUT2D eigenvalue weighted by molar-refractivity contribution is 0.415. The number of hydrogen-bond acceptors (Lipinski definition) is 4. The van der Waals surface area contributed by atoms with Crippen LogP contribution in [0.5, 0.6) is 5.75 Å². The first-order valence-corrected chi connectivity index (χ1v) is 7.08. The first-order chi connectivity index (χ1) is 8.76. The van der Waals surface area contributed by atoms with E-state index in [2.05, 4.69) is 6.07 Å². The number of hydrogen-bond donors (Lipinski definition) is 0. The Labute approximate surface area is 112 Å². The second-order valence-corrected chi connectivity index (χ2v) is 6.13. The first-order valence-electron chi connectivity index (χ1n) is 5.44. The summed E-state index contributed by atoms with van der Waals surface area (Å²) in [7, 11) is 1.66. The van der Waals surface area contributed by atoms with E-state index >= 15 is 0 Å². The van der Waals surface area contributed by atoms with Crippen molar-refractivity contribution in [1.29, 1.82) is 0 Å². The molecule has 90 valence electrons. The number of benzene rings is 2. The second kappa shape index (κ2) is 4.55. The highest BCUT2D eigenvalue weighted by atomic mass is 32.2. The molecule has 0 fully saturated rings. The van der Waals surface area contributed by atoms with Gasteiger partial charge in [0.05, 0.1) is 7.11 Å². The molecule has 0 aliphatic carbocycles. The van der Waals surface area contributed by atoms with Crippen LogP contribution < -0.4 is 8.79 Å². The first kappa shape index (κ1) is 11.4. The molecule has 0 aliphatic rings. The molecule has 2 aromatic carbocycles. The Morgan fingerprint density at radius 2 is 1.56 bits per heavy atom. The Kier molecular flexibility index (Phi) is 2.89. The summed E-state index contributed by atoms with van der Waals surface area (Å²) in [5, 5.41) is 0. The van der Waals surface area contributed by atoms with E-state index < -0.39 is 0 Å². The third-order valence-electron chi connectivity index (χ3n) is 2.75. The monoisotopic (exact) mass is 274 g/mol. The van der Waals surface area contributed by atoms with Gasteiger partial charge >= 0.3 is 0 Å². The molecule has 3 aromatic rings. The SMILES string of the molecule is COc1ccc(-c2ccc3sc(=O)sc3c2)cc1. The van der Waals surface area contributed by atoms with Crippen LogP contribution in [0.4, 0.5) is 0 Å². The van der Waals surface area contributed by atoms with Gasteiger partial charge in [-0.1, -0.05) is 40.9 Å². The van der Waals surface area contributed by atoms with E-state index in [4.69, 9.17) is 4.74 Å². The molecule has 0 unspecified atom stereocenters. The van der Waals surface area contributed by atoms with Crippen molar-refractivity contribution in [2.45, 2.75) is 0 Å². The third kappa shape index (κ3) is 2.05. The molecule has 0 atom stereocenters. The normalized spacial score (nSPS) is 10.7. The minimum absolute atomic E-state index is 0.150. The lowest BCUT2D eigenvalue weighted by Crippen LogP contribution is -1.82. The van der Waals surface area contributed by atoms with Crippen LogP contribution >= 0.6 is 22.7 Å². The van der Waals surface area contributed by atoms with Crippen molar-refractivity contribution in [3.05, 3.63) is 51.3 Å². The third-order valence-corrected chi connectivity index (χ3v) is 4.85. The largest absolute Gasteiger partial charge is 0.497 e. The van der Waals surface area contributed by atoms with Crippen molar-refractivity contribution in [3.63, 3.8) is 0 Å². The maximum absolute atomic E-state index is 11.3. The molecule has 3 rings (SSSR count). The van der Waals surface area contributed by atoms with Gasteiger partial charge in [-0.3, -0.25) is 4.79 Å². The quantitative estimate of drug-likeness (QED) is 0.706. The Morgan fingerprint density at radius 3 is 2.28 bits per heavy atom. The second-order valence-electron chi connectivity index (χ2n) is 3.84. The summed E-state index contributed by atoms with van der Waals surface area (Å²) in [6.45, 7) is 0. The van der Waals surface area contributed by atoms with Crippen molar-refractivity contribution < 1.29 is 4.74 Å². The number of rotatable bonds is 2. The highest BCUT2D eigenvalue weighted by molar-refractivity contribution is 7.35. The topological polar surface area (TPSA) is 26.3 Å². The average molecular weight is 274 g/mol. The zero-order valence-corrected chi connectivity index (χ0v) is 11.3. The Hall–Kier alpha value is -1.65. The van der Waals surface area contributed by atoms with Crippen molar-refractivity contribution in [2.24, 2.45) is 0 Å². The molecule has 0 spiro atoms. The van der Waals surface area contributed by atoms with Gasteiger partial charge in [-0.05, 0) is 35.4 Å². The predicted octanol–water partition coefficient (Wildman–Crippen LogP) is 4.00. The van der Waals surface area contributed by atoms with Gasteiger partial charge in [-0.25, -0.2) is 0 Å². The molecule has 2 nitrogen and oxygen atoms in total. The molecule has 0 saturated carbocycles. The maximum atomic E-state index is 11.3. The Bertz CT molecular complexity index is 738. The van der Waals surface area contributed by atoms with Crippen LogP contribution in [0.1, 0.15) is 0 Å². The highest BCUT2D eigenvalue weighted by Crippen LogP contribution is 2.28. The van der Waals surface area contributed by atoms with Gasteiger partial charge in [0.2, 0.25) is 0 Å². The average Bonchev–Trinajstić information content (AvgIpc) is 2.78. The molecule has 0 saturated heterocycles. The molecule has 0 bridgehead atoms. The Balaban J connectivity index is 2.09. The fourth-order valence-corrected chi connectivity index (χ4v) is 3.80. The minimum Gasteiger partial charge on any atom is -0.497 e. The lowest BCUT2D eigenvalue weighted by atomic mass is 10.1. The van der Waals surface area contributed by atoms with Gasteiger partial charge in [0.15, 0.2) is 0 Å². The fourth-order valence-electron chi connectivity index (χ4n) is 1.84.